The van der Waals surface area contributed by atoms with Gasteiger partial charge >= 0.3 is 0 Å². The minimum Gasteiger partial charge on any atom is -0.493 e. The fourth-order valence-electron chi connectivity index (χ4n) is 2.96. The van der Waals surface area contributed by atoms with Crippen LogP contribution in [0.3, 0.4) is 0 Å². The van der Waals surface area contributed by atoms with E-state index in [1.807, 2.05) is 12.1 Å². The highest BCUT2D eigenvalue weighted by Gasteiger charge is 2.43. The van der Waals surface area contributed by atoms with Crippen LogP contribution in [0.1, 0.15) is 24.0 Å². The van der Waals surface area contributed by atoms with Crippen LogP contribution in [0.4, 0.5) is 0 Å². The molecule has 1 saturated heterocycles. The number of rotatable bonds is 2. The summed E-state index contributed by atoms with van der Waals surface area (Å²) in [4.78, 5) is 0. The number of nitriles is 1. The van der Waals surface area contributed by atoms with Gasteiger partial charge in [0, 0.05) is 24.8 Å². The van der Waals surface area contributed by atoms with E-state index in [-0.39, 0.29) is 5.60 Å². The zero-order valence-corrected chi connectivity index (χ0v) is 11.1. The molecule has 19 heavy (non-hydrogen) atoms. The average molecular weight is 259 g/mol. The summed E-state index contributed by atoms with van der Waals surface area (Å²) < 4.78 is 17.0. The monoisotopic (exact) mass is 259 g/mol. The molecule has 3 rings (SSSR count). The van der Waals surface area contributed by atoms with Gasteiger partial charge in [-0.3, -0.25) is 0 Å². The smallest absolute Gasteiger partial charge is 0.165 e. The van der Waals surface area contributed by atoms with Crippen molar-refractivity contribution in [3.8, 4) is 17.6 Å². The van der Waals surface area contributed by atoms with Gasteiger partial charge in [0.15, 0.2) is 11.5 Å². The second kappa shape index (κ2) is 4.75. The van der Waals surface area contributed by atoms with Gasteiger partial charge in [0.2, 0.25) is 0 Å². The number of nitrogens with zero attached hydrogens (tertiary/aromatic N) is 1. The van der Waals surface area contributed by atoms with Crippen LogP contribution in [0.15, 0.2) is 12.1 Å². The lowest BCUT2D eigenvalue weighted by atomic mass is 9.87. The molecule has 1 aromatic carbocycles. The molecule has 0 saturated carbocycles. The van der Waals surface area contributed by atoms with Gasteiger partial charge in [0.25, 0.3) is 0 Å². The molecule has 0 aromatic heterocycles. The zero-order chi connectivity index (χ0) is 13.3. The average Bonchev–Trinajstić information content (AvgIpc) is 2.79. The summed E-state index contributed by atoms with van der Waals surface area (Å²) in [6.45, 7) is 1.48. The summed E-state index contributed by atoms with van der Waals surface area (Å²) >= 11 is 0. The maximum absolute atomic E-state index is 8.94. The third-order valence-corrected chi connectivity index (χ3v) is 4.03. The van der Waals surface area contributed by atoms with Crippen LogP contribution in [0.5, 0.6) is 11.5 Å². The number of methoxy groups -OCH3 is 1. The van der Waals surface area contributed by atoms with Crippen molar-refractivity contribution in [1.82, 2.24) is 0 Å². The third-order valence-electron chi connectivity index (χ3n) is 4.03. The fourth-order valence-corrected chi connectivity index (χ4v) is 2.96. The molecule has 1 aromatic rings. The van der Waals surface area contributed by atoms with Crippen molar-refractivity contribution in [3.63, 3.8) is 0 Å². The molecule has 1 fully saturated rings. The van der Waals surface area contributed by atoms with E-state index in [0.29, 0.717) is 6.42 Å². The van der Waals surface area contributed by atoms with E-state index in [0.717, 1.165) is 55.1 Å². The Morgan fingerprint density at radius 2 is 2.16 bits per heavy atom. The van der Waals surface area contributed by atoms with Crippen molar-refractivity contribution in [3.05, 3.63) is 23.3 Å². The van der Waals surface area contributed by atoms with Crippen LogP contribution in [0.2, 0.25) is 0 Å². The van der Waals surface area contributed by atoms with Gasteiger partial charge in [-0.2, -0.15) is 5.26 Å². The first-order chi connectivity index (χ1) is 9.28. The topological polar surface area (TPSA) is 51.5 Å². The van der Waals surface area contributed by atoms with Crippen LogP contribution in [-0.4, -0.2) is 25.9 Å². The van der Waals surface area contributed by atoms with E-state index in [9.17, 15) is 0 Å². The van der Waals surface area contributed by atoms with Gasteiger partial charge in [-0.05, 0) is 11.6 Å². The number of hydrogen-bond donors (Lipinski definition) is 0. The summed E-state index contributed by atoms with van der Waals surface area (Å²) in [5, 5.41) is 8.94. The highest BCUT2D eigenvalue weighted by molar-refractivity contribution is 5.55. The highest BCUT2D eigenvalue weighted by Crippen LogP contribution is 2.47. The van der Waals surface area contributed by atoms with Gasteiger partial charge in [-0.1, -0.05) is 6.07 Å². The summed E-state index contributed by atoms with van der Waals surface area (Å²) in [6, 6.07) is 6.09. The van der Waals surface area contributed by atoms with Gasteiger partial charge in [-0.25, -0.2) is 0 Å². The third kappa shape index (κ3) is 2.04. The fraction of sp³-hybridized carbons (Fsp3) is 0.533. The second-order valence-electron chi connectivity index (χ2n) is 5.14. The van der Waals surface area contributed by atoms with Crippen LogP contribution < -0.4 is 9.47 Å². The Morgan fingerprint density at radius 3 is 2.84 bits per heavy atom. The normalized spacial score (nSPS) is 19.6. The molecule has 100 valence electrons. The Bertz CT molecular complexity index is 527. The Balaban J connectivity index is 1.99. The summed E-state index contributed by atoms with van der Waals surface area (Å²) in [5.41, 5.74) is 2.05. The molecule has 2 heterocycles. The van der Waals surface area contributed by atoms with Crippen LogP contribution in [0, 0.1) is 11.3 Å². The summed E-state index contributed by atoms with van der Waals surface area (Å²) in [7, 11) is 1.65. The predicted molar refractivity (Wildman–Crippen MR) is 69.4 cm³/mol. The number of fused-ring (bicyclic) bond motifs is 1. The molecule has 0 bridgehead atoms. The van der Waals surface area contributed by atoms with Crippen molar-refractivity contribution in [2.24, 2.45) is 0 Å². The van der Waals surface area contributed by atoms with Crippen LogP contribution in [0.25, 0.3) is 0 Å². The largest absolute Gasteiger partial charge is 0.493 e. The Morgan fingerprint density at radius 1 is 1.37 bits per heavy atom. The second-order valence-corrected chi connectivity index (χ2v) is 5.14. The lowest BCUT2D eigenvalue weighted by molar-refractivity contribution is -0.0338. The Hall–Kier alpha value is -1.73. The first-order valence-corrected chi connectivity index (χ1v) is 6.60. The lowest BCUT2D eigenvalue weighted by Crippen LogP contribution is -2.40. The molecule has 0 N–H and O–H groups in total. The molecule has 0 unspecified atom stereocenters. The molecule has 1 spiro atoms. The predicted octanol–water partition coefficient (Wildman–Crippen LogP) is 2.25. The molecule has 2 aliphatic heterocycles. The number of benzene rings is 1. The molecule has 0 radical (unpaired) electrons. The maximum atomic E-state index is 8.94. The van der Waals surface area contributed by atoms with E-state index >= 15 is 0 Å². The molecule has 0 aliphatic carbocycles. The minimum absolute atomic E-state index is 0.153. The van der Waals surface area contributed by atoms with Crippen LogP contribution >= 0.6 is 0 Å². The molecule has 0 amide bonds. The summed E-state index contributed by atoms with van der Waals surface area (Å²) in [5.74, 6) is 1.59. The molecule has 0 atom stereocenters. The first-order valence-electron chi connectivity index (χ1n) is 6.60. The van der Waals surface area contributed by atoms with E-state index < -0.39 is 0 Å². The first kappa shape index (κ1) is 12.3. The van der Waals surface area contributed by atoms with Gasteiger partial charge in [-0.15, -0.1) is 0 Å². The number of hydrogen-bond acceptors (Lipinski definition) is 4. The Kier molecular flexibility index (Phi) is 3.08. The quantitative estimate of drug-likeness (QED) is 0.817. The van der Waals surface area contributed by atoms with Crippen LogP contribution in [-0.2, 0) is 17.6 Å². The SMILES string of the molecule is COc1ccc(CC#N)c2c1OC1(CCOCC1)C2. The van der Waals surface area contributed by atoms with E-state index in [1.54, 1.807) is 7.11 Å². The van der Waals surface area contributed by atoms with E-state index in [2.05, 4.69) is 6.07 Å². The van der Waals surface area contributed by atoms with Crippen molar-refractivity contribution in [2.45, 2.75) is 31.3 Å². The number of ether oxygens (including phenoxy) is 3. The molecule has 2 aliphatic rings. The van der Waals surface area contributed by atoms with Crippen molar-refractivity contribution in [2.75, 3.05) is 20.3 Å². The van der Waals surface area contributed by atoms with Crippen molar-refractivity contribution >= 4 is 0 Å². The maximum Gasteiger partial charge on any atom is 0.165 e. The van der Waals surface area contributed by atoms with E-state index in [1.165, 1.54) is 0 Å². The molecular formula is C15H17NO3. The molecule has 4 heteroatoms. The van der Waals surface area contributed by atoms with Gasteiger partial charge in [0.1, 0.15) is 5.60 Å². The Labute approximate surface area is 112 Å². The van der Waals surface area contributed by atoms with E-state index in [4.69, 9.17) is 19.5 Å². The summed E-state index contributed by atoms with van der Waals surface area (Å²) in [6.07, 6.45) is 3.08. The zero-order valence-electron chi connectivity index (χ0n) is 11.1. The van der Waals surface area contributed by atoms with Crippen molar-refractivity contribution in [1.29, 1.82) is 5.26 Å². The molecule has 4 nitrogen and oxygen atoms in total. The minimum atomic E-state index is -0.153. The van der Waals surface area contributed by atoms with Gasteiger partial charge in [0.05, 0.1) is 32.8 Å². The standard InChI is InChI=1S/C15H17NO3/c1-17-13-3-2-11(4-7-16)12-10-15(19-14(12)13)5-8-18-9-6-15/h2-3H,4-6,8-10H2,1H3. The van der Waals surface area contributed by atoms with Gasteiger partial charge < -0.3 is 14.2 Å². The highest BCUT2D eigenvalue weighted by atomic mass is 16.5. The molecular weight excluding hydrogens is 242 g/mol. The lowest BCUT2D eigenvalue weighted by Gasteiger charge is -2.32. The van der Waals surface area contributed by atoms with Crippen molar-refractivity contribution < 1.29 is 14.2 Å².